The highest BCUT2D eigenvalue weighted by Crippen LogP contribution is 2.31. The van der Waals surface area contributed by atoms with Gasteiger partial charge >= 0.3 is 0 Å². The van der Waals surface area contributed by atoms with Crippen LogP contribution in [0.15, 0.2) is 48.5 Å². The molecule has 2 rings (SSSR count). The van der Waals surface area contributed by atoms with E-state index in [-0.39, 0.29) is 11.7 Å². The number of carbonyl (C=O) groups excluding carboxylic acids is 1. The van der Waals surface area contributed by atoms with Gasteiger partial charge in [-0.25, -0.2) is 0 Å². The first-order valence-corrected chi connectivity index (χ1v) is 6.04. The first-order valence-electron chi connectivity index (χ1n) is 6.04. The second-order valence-corrected chi connectivity index (χ2v) is 4.22. The molecule has 0 saturated carbocycles. The molecule has 0 radical (unpaired) electrons. The summed E-state index contributed by atoms with van der Waals surface area (Å²) in [7, 11) is 0. The first kappa shape index (κ1) is 13.0. The molecule has 0 atom stereocenters. The molecular weight excluding hydrogens is 240 g/mol. The van der Waals surface area contributed by atoms with Gasteiger partial charge in [0.15, 0.2) is 0 Å². The van der Waals surface area contributed by atoms with Crippen LogP contribution in [0.25, 0.3) is 0 Å². The number of amides is 1. The van der Waals surface area contributed by atoms with Gasteiger partial charge in [0.2, 0.25) is 5.91 Å². The van der Waals surface area contributed by atoms with Crippen LogP contribution in [0, 0.1) is 0 Å². The van der Waals surface area contributed by atoms with E-state index in [0.717, 1.165) is 5.56 Å². The van der Waals surface area contributed by atoms with Gasteiger partial charge < -0.3 is 15.7 Å². The average molecular weight is 256 g/mol. The summed E-state index contributed by atoms with van der Waals surface area (Å²) in [5, 5.41) is 15.6. The third kappa shape index (κ3) is 3.48. The fraction of sp³-hybridized carbons (Fsp3) is 0.133. The number of nitrogens with one attached hydrogen (secondary N) is 2. The molecule has 0 heterocycles. The Hall–Kier alpha value is -2.49. The molecule has 0 aliphatic rings. The van der Waals surface area contributed by atoms with E-state index in [9.17, 15) is 9.90 Å². The van der Waals surface area contributed by atoms with Gasteiger partial charge in [-0.05, 0) is 17.7 Å². The number of carbonyl (C=O) groups is 1. The van der Waals surface area contributed by atoms with Crippen molar-refractivity contribution in [2.24, 2.45) is 0 Å². The molecule has 0 fully saturated rings. The van der Waals surface area contributed by atoms with E-state index in [1.54, 1.807) is 12.1 Å². The number of hydrogen-bond donors (Lipinski definition) is 3. The van der Waals surface area contributed by atoms with Crippen molar-refractivity contribution in [1.82, 2.24) is 0 Å². The lowest BCUT2D eigenvalue weighted by Gasteiger charge is -2.13. The zero-order valence-electron chi connectivity index (χ0n) is 10.7. The minimum absolute atomic E-state index is 0.0493. The SMILES string of the molecule is CC(=O)Nc1c(O)cccc1NCc1ccccc1. The van der Waals surface area contributed by atoms with Crippen molar-refractivity contribution in [3.05, 3.63) is 54.1 Å². The third-order valence-corrected chi connectivity index (χ3v) is 2.67. The minimum atomic E-state index is -0.218. The standard InChI is InChI=1S/C15H16N2O2/c1-11(18)17-15-13(8-5-9-14(15)19)16-10-12-6-3-2-4-7-12/h2-9,16,19H,10H2,1H3,(H,17,18). The molecule has 0 aromatic heterocycles. The van der Waals surface area contributed by atoms with Crippen molar-refractivity contribution in [3.63, 3.8) is 0 Å². The average Bonchev–Trinajstić information content (AvgIpc) is 2.40. The van der Waals surface area contributed by atoms with E-state index < -0.39 is 0 Å². The molecule has 0 unspecified atom stereocenters. The molecule has 3 N–H and O–H groups in total. The Kier molecular flexibility index (Phi) is 4.03. The Morgan fingerprint density at radius 3 is 2.53 bits per heavy atom. The van der Waals surface area contributed by atoms with Gasteiger partial charge in [-0.2, -0.15) is 0 Å². The molecule has 0 bridgehead atoms. The summed E-state index contributed by atoms with van der Waals surface area (Å²) in [4.78, 5) is 11.1. The van der Waals surface area contributed by atoms with Crippen LogP contribution in [0.2, 0.25) is 0 Å². The topological polar surface area (TPSA) is 61.4 Å². The number of hydrogen-bond acceptors (Lipinski definition) is 3. The second-order valence-electron chi connectivity index (χ2n) is 4.22. The third-order valence-electron chi connectivity index (χ3n) is 2.67. The molecule has 0 aliphatic carbocycles. The Morgan fingerprint density at radius 1 is 1.11 bits per heavy atom. The van der Waals surface area contributed by atoms with Crippen LogP contribution >= 0.6 is 0 Å². The fourth-order valence-corrected chi connectivity index (χ4v) is 1.79. The predicted octanol–water partition coefficient (Wildman–Crippen LogP) is 2.96. The van der Waals surface area contributed by atoms with Gasteiger partial charge in [0.1, 0.15) is 11.4 Å². The maximum Gasteiger partial charge on any atom is 0.221 e. The summed E-state index contributed by atoms with van der Waals surface area (Å²) in [5.41, 5.74) is 2.23. The molecule has 19 heavy (non-hydrogen) atoms. The van der Waals surface area contributed by atoms with Gasteiger partial charge in [-0.3, -0.25) is 4.79 Å². The first-order chi connectivity index (χ1) is 9.16. The summed E-state index contributed by atoms with van der Waals surface area (Å²) in [6, 6.07) is 15.0. The molecule has 1 amide bonds. The summed E-state index contributed by atoms with van der Waals surface area (Å²) in [6.45, 7) is 2.03. The van der Waals surface area contributed by atoms with Crippen LogP contribution < -0.4 is 10.6 Å². The molecule has 2 aromatic rings. The van der Waals surface area contributed by atoms with Crippen LogP contribution in [0.5, 0.6) is 5.75 Å². The van der Waals surface area contributed by atoms with Crippen LogP contribution in [-0.4, -0.2) is 11.0 Å². The Morgan fingerprint density at radius 2 is 1.84 bits per heavy atom. The summed E-state index contributed by atoms with van der Waals surface area (Å²) in [5.74, 6) is -0.169. The summed E-state index contributed by atoms with van der Waals surface area (Å²) >= 11 is 0. The van der Waals surface area contributed by atoms with Crippen LogP contribution in [0.3, 0.4) is 0 Å². The zero-order chi connectivity index (χ0) is 13.7. The van der Waals surface area contributed by atoms with Crippen molar-refractivity contribution in [3.8, 4) is 5.75 Å². The molecule has 2 aromatic carbocycles. The highest BCUT2D eigenvalue weighted by Gasteiger charge is 2.08. The number of phenolic OH excluding ortho intramolecular Hbond substituents is 1. The van der Waals surface area contributed by atoms with Crippen molar-refractivity contribution in [1.29, 1.82) is 0 Å². The van der Waals surface area contributed by atoms with E-state index in [1.165, 1.54) is 6.92 Å². The Balaban J connectivity index is 2.15. The van der Waals surface area contributed by atoms with Crippen molar-refractivity contribution in [2.75, 3.05) is 10.6 Å². The van der Waals surface area contributed by atoms with Crippen molar-refractivity contribution >= 4 is 17.3 Å². The smallest absolute Gasteiger partial charge is 0.221 e. The Labute approximate surface area is 112 Å². The van der Waals surface area contributed by atoms with Gasteiger partial charge in [0.05, 0.1) is 5.69 Å². The van der Waals surface area contributed by atoms with Crippen molar-refractivity contribution < 1.29 is 9.90 Å². The number of benzene rings is 2. The zero-order valence-corrected chi connectivity index (χ0v) is 10.7. The van der Waals surface area contributed by atoms with E-state index in [1.807, 2.05) is 36.4 Å². The maximum absolute atomic E-state index is 11.1. The Bertz CT molecular complexity index is 568. The molecule has 0 saturated heterocycles. The number of aromatic hydroxyl groups is 1. The number of phenols is 1. The number of rotatable bonds is 4. The van der Waals surface area contributed by atoms with Crippen LogP contribution in [0.4, 0.5) is 11.4 Å². The minimum Gasteiger partial charge on any atom is -0.506 e. The number of para-hydroxylation sites is 1. The molecule has 0 aliphatic heterocycles. The quantitative estimate of drug-likeness (QED) is 0.737. The normalized spacial score (nSPS) is 9.95. The molecule has 4 heteroatoms. The van der Waals surface area contributed by atoms with E-state index in [2.05, 4.69) is 10.6 Å². The molecule has 0 spiro atoms. The van der Waals surface area contributed by atoms with Gasteiger partial charge in [0.25, 0.3) is 0 Å². The summed E-state index contributed by atoms with van der Waals surface area (Å²) < 4.78 is 0. The summed E-state index contributed by atoms with van der Waals surface area (Å²) in [6.07, 6.45) is 0. The highest BCUT2D eigenvalue weighted by molar-refractivity contribution is 5.94. The van der Waals surface area contributed by atoms with Gasteiger partial charge in [-0.1, -0.05) is 36.4 Å². The van der Waals surface area contributed by atoms with E-state index in [4.69, 9.17) is 0 Å². The van der Waals surface area contributed by atoms with Crippen LogP contribution in [0.1, 0.15) is 12.5 Å². The lowest BCUT2D eigenvalue weighted by atomic mass is 10.2. The largest absolute Gasteiger partial charge is 0.506 e. The number of anilines is 2. The van der Waals surface area contributed by atoms with Crippen molar-refractivity contribution in [2.45, 2.75) is 13.5 Å². The monoisotopic (exact) mass is 256 g/mol. The van der Waals surface area contributed by atoms with Gasteiger partial charge in [0, 0.05) is 13.5 Å². The lowest BCUT2D eigenvalue weighted by Crippen LogP contribution is -2.09. The van der Waals surface area contributed by atoms with E-state index in [0.29, 0.717) is 17.9 Å². The highest BCUT2D eigenvalue weighted by atomic mass is 16.3. The maximum atomic E-state index is 11.1. The predicted molar refractivity (Wildman–Crippen MR) is 76.2 cm³/mol. The lowest BCUT2D eigenvalue weighted by molar-refractivity contribution is -0.114. The van der Waals surface area contributed by atoms with Gasteiger partial charge in [-0.15, -0.1) is 0 Å². The fourth-order valence-electron chi connectivity index (χ4n) is 1.79. The van der Waals surface area contributed by atoms with Crippen LogP contribution in [-0.2, 0) is 11.3 Å². The second kappa shape index (κ2) is 5.91. The molecule has 4 nitrogen and oxygen atoms in total. The van der Waals surface area contributed by atoms with E-state index >= 15 is 0 Å². The molecular formula is C15H16N2O2. The molecule has 98 valence electrons.